The van der Waals surface area contributed by atoms with Gasteiger partial charge in [0.05, 0.1) is 14.2 Å². The number of halogens is 1. The van der Waals surface area contributed by atoms with Gasteiger partial charge in [0.15, 0.2) is 17.5 Å². The van der Waals surface area contributed by atoms with Gasteiger partial charge in [-0.3, -0.25) is 9.79 Å². The molecule has 3 N–H and O–H groups in total. The van der Waals surface area contributed by atoms with Gasteiger partial charge in [0.2, 0.25) is 5.91 Å². The summed E-state index contributed by atoms with van der Waals surface area (Å²) in [5, 5.41) is 9.53. The lowest BCUT2D eigenvalue weighted by Crippen LogP contribution is -2.42. The fourth-order valence-corrected chi connectivity index (χ4v) is 3.69. The van der Waals surface area contributed by atoms with Crippen LogP contribution in [-0.2, 0) is 11.2 Å². The van der Waals surface area contributed by atoms with E-state index in [1.54, 1.807) is 21.3 Å². The zero-order chi connectivity index (χ0) is 20.9. The van der Waals surface area contributed by atoms with Gasteiger partial charge in [0, 0.05) is 33.1 Å². The fourth-order valence-electron chi connectivity index (χ4n) is 3.69. The smallest absolute Gasteiger partial charge is 0.220 e. The number of ether oxygens (including phenoxy) is 2. The Morgan fingerprint density at radius 3 is 2.33 bits per heavy atom. The highest BCUT2D eigenvalue weighted by atomic mass is 127. The molecule has 8 heteroatoms. The summed E-state index contributed by atoms with van der Waals surface area (Å²) < 4.78 is 10.6. The molecule has 2 rings (SSSR count). The van der Waals surface area contributed by atoms with E-state index in [0.717, 1.165) is 36.0 Å². The molecule has 0 spiro atoms. The SMILES string of the molecule is CN=C(NCCNC(=O)CC1CCCCC1)NCCc1ccc(OC)c(OC)c1.I. The lowest BCUT2D eigenvalue weighted by atomic mass is 9.87. The molecule has 0 saturated heterocycles. The summed E-state index contributed by atoms with van der Waals surface area (Å²) in [6, 6.07) is 5.93. The topological polar surface area (TPSA) is 84.0 Å². The molecule has 1 aromatic carbocycles. The molecule has 0 bridgehead atoms. The molecule has 170 valence electrons. The number of nitrogens with one attached hydrogen (secondary N) is 3. The van der Waals surface area contributed by atoms with Crippen molar-refractivity contribution >= 4 is 35.8 Å². The first kappa shape index (κ1) is 26.3. The van der Waals surface area contributed by atoms with Crippen molar-refractivity contribution in [2.75, 3.05) is 40.9 Å². The Kier molecular flexibility index (Phi) is 13.3. The number of hydrogen-bond donors (Lipinski definition) is 3. The maximum atomic E-state index is 12.0. The Morgan fingerprint density at radius 2 is 1.67 bits per heavy atom. The van der Waals surface area contributed by atoms with E-state index in [1.165, 1.54) is 32.1 Å². The maximum Gasteiger partial charge on any atom is 0.220 e. The Labute approximate surface area is 197 Å². The van der Waals surface area contributed by atoms with Crippen molar-refractivity contribution in [1.82, 2.24) is 16.0 Å². The molecule has 1 aliphatic carbocycles. The van der Waals surface area contributed by atoms with Crippen LogP contribution in [0.5, 0.6) is 11.5 Å². The molecular weight excluding hydrogens is 495 g/mol. The number of carbonyl (C=O) groups excluding carboxylic acids is 1. The predicted octanol–water partition coefficient (Wildman–Crippen LogP) is 3.12. The van der Waals surface area contributed by atoms with Gasteiger partial charge in [-0.05, 0) is 42.9 Å². The molecule has 1 fully saturated rings. The fraction of sp³-hybridized carbons (Fsp3) is 0.636. The van der Waals surface area contributed by atoms with Crippen LogP contribution < -0.4 is 25.4 Å². The summed E-state index contributed by atoms with van der Waals surface area (Å²) in [5.41, 5.74) is 1.15. The first-order chi connectivity index (χ1) is 14.2. The summed E-state index contributed by atoms with van der Waals surface area (Å²) in [5.74, 6) is 2.92. The number of methoxy groups -OCH3 is 2. The van der Waals surface area contributed by atoms with Crippen molar-refractivity contribution in [2.24, 2.45) is 10.9 Å². The van der Waals surface area contributed by atoms with Gasteiger partial charge < -0.3 is 25.4 Å². The van der Waals surface area contributed by atoms with Crippen LogP contribution >= 0.6 is 24.0 Å². The van der Waals surface area contributed by atoms with Crippen molar-refractivity contribution in [1.29, 1.82) is 0 Å². The van der Waals surface area contributed by atoms with Gasteiger partial charge in [-0.25, -0.2) is 0 Å². The average Bonchev–Trinajstić information content (AvgIpc) is 2.75. The molecular formula is C22H37IN4O3. The zero-order valence-electron chi connectivity index (χ0n) is 18.5. The molecule has 0 aliphatic heterocycles. The number of carbonyl (C=O) groups is 1. The molecule has 1 aliphatic rings. The molecule has 1 amide bonds. The number of rotatable bonds is 10. The Hall–Kier alpha value is -1.71. The molecule has 0 atom stereocenters. The van der Waals surface area contributed by atoms with Crippen LogP contribution in [0.1, 0.15) is 44.1 Å². The van der Waals surface area contributed by atoms with Gasteiger partial charge in [0.25, 0.3) is 0 Å². The molecule has 0 aromatic heterocycles. The molecule has 1 aromatic rings. The summed E-state index contributed by atoms with van der Waals surface area (Å²) >= 11 is 0. The van der Waals surface area contributed by atoms with E-state index < -0.39 is 0 Å². The summed E-state index contributed by atoms with van der Waals surface area (Å²) in [7, 11) is 5.01. The average molecular weight is 532 g/mol. The van der Waals surface area contributed by atoms with Crippen LogP contribution in [0.4, 0.5) is 0 Å². The first-order valence-electron chi connectivity index (χ1n) is 10.6. The lowest BCUT2D eigenvalue weighted by Gasteiger charge is -2.20. The van der Waals surface area contributed by atoms with Crippen molar-refractivity contribution in [3.63, 3.8) is 0 Å². The van der Waals surface area contributed by atoms with Gasteiger partial charge in [-0.1, -0.05) is 25.3 Å². The predicted molar refractivity (Wildman–Crippen MR) is 132 cm³/mol. The number of benzene rings is 1. The Balaban J connectivity index is 0.00000450. The van der Waals surface area contributed by atoms with Crippen molar-refractivity contribution in [3.8, 4) is 11.5 Å². The monoisotopic (exact) mass is 532 g/mol. The minimum absolute atomic E-state index is 0. The van der Waals surface area contributed by atoms with Crippen molar-refractivity contribution < 1.29 is 14.3 Å². The third-order valence-corrected chi connectivity index (χ3v) is 5.32. The highest BCUT2D eigenvalue weighted by Crippen LogP contribution is 2.27. The second-order valence-electron chi connectivity index (χ2n) is 7.42. The number of guanidine groups is 1. The van der Waals surface area contributed by atoms with Gasteiger partial charge in [-0.15, -0.1) is 24.0 Å². The second-order valence-corrected chi connectivity index (χ2v) is 7.42. The first-order valence-corrected chi connectivity index (χ1v) is 10.6. The van der Waals surface area contributed by atoms with Gasteiger partial charge in [-0.2, -0.15) is 0 Å². The van der Waals surface area contributed by atoms with E-state index in [9.17, 15) is 4.79 Å². The largest absolute Gasteiger partial charge is 0.493 e. The van der Waals surface area contributed by atoms with Gasteiger partial charge >= 0.3 is 0 Å². The normalized spacial score (nSPS) is 14.4. The van der Waals surface area contributed by atoms with Crippen molar-refractivity contribution in [3.05, 3.63) is 23.8 Å². The number of hydrogen-bond acceptors (Lipinski definition) is 4. The van der Waals surface area contributed by atoms with E-state index in [4.69, 9.17) is 9.47 Å². The van der Waals surface area contributed by atoms with Crippen LogP contribution in [0.2, 0.25) is 0 Å². The number of amides is 1. The molecule has 1 saturated carbocycles. The standard InChI is InChI=1S/C22H36N4O3.HI/c1-23-22(25-12-11-18-9-10-19(28-2)20(15-18)29-3)26-14-13-24-21(27)16-17-7-5-4-6-8-17;/h9-10,15,17H,4-8,11-14,16H2,1-3H3,(H,24,27)(H2,23,25,26);1H. The third-order valence-electron chi connectivity index (χ3n) is 5.32. The van der Waals surface area contributed by atoms with Crippen LogP contribution in [0.15, 0.2) is 23.2 Å². The van der Waals surface area contributed by atoms with Gasteiger partial charge in [0.1, 0.15) is 0 Å². The number of aliphatic imine (C=N–C) groups is 1. The maximum absolute atomic E-state index is 12.0. The second kappa shape index (κ2) is 15.1. The summed E-state index contributed by atoms with van der Waals surface area (Å²) in [6.45, 7) is 1.98. The Morgan fingerprint density at radius 1 is 1.00 bits per heavy atom. The molecule has 0 unspecified atom stereocenters. The van der Waals surface area contributed by atoms with Crippen LogP contribution in [0.25, 0.3) is 0 Å². The highest BCUT2D eigenvalue weighted by molar-refractivity contribution is 14.0. The van der Waals surface area contributed by atoms with E-state index in [0.29, 0.717) is 25.4 Å². The molecule has 7 nitrogen and oxygen atoms in total. The van der Waals surface area contributed by atoms with E-state index in [-0.39, 0.29) is 29.9 Å². The van der Waals surface area contributed by atoms with Crippen LogP contribution in [-0.4, -0.2) is 52.8 Å². The van der Waals surface area contributed by atoms with Crippen LogP contribution in [0, 0.1) is 5.92 Å². The molecule has 30 heavy (non-hydrogen) atoms. The summed E-state index contributed by atoms with van der Waals surface area (Å²) in [6.07, 6.45) is 7.75. The van der Waals surface area contributed by atoms with E-state index >= 15 is 0 Å². The minimum Gasteiger partial charge on any atom is -0.493 e. The van der Waals surface area contributed by atoms with E-state index in [2.05, 4.69) is 20.9 Å². The third kappa shape index (κ3) is 9.40. The highest BCUT2D eigenvalue weighted by Gasteiger charge is 2.16. The van der Waals surface area contributed by atoms with Crippen LogP contribution in [0.3, 0.4) is 0 Å². The quantitative estimate of drug-likeness (QED) is 0.187. The molecule has 0 radical (unpaired) electrons. The Bertz CT molecular complexity index is 664. The molecule has 0 heterocycles. The summed E-state index contributed by atoms with van der Waals surface area (Å²) in [4.78, 5) is 16.3. The minimum atomic E-state index is 0. The zero-order valence-corrected chi connectivity index (χ0v) is 20.8. The van der Waals surface area contributed by atoms with E-state index in [1.807, 2.05) is 18.2 Å². The number of nitrogens with zero attached hydrogens (tertiary/aromatic N) is 1. The van der Waals surface area contributed by atoms with Crippen molar-refractivity contribution in [2.45, 2.75) is 44.9 Å². The lowest BCUT2D eigenvalue weighted by molar-refractivity contribution is -0.122.